The Balaban J connectivity index is 2.04. The van der Waals surface area contributed by atoms with Crippen LogP contribution in [-0.2, 0) is 47.5 Å². The molecule has 2 aromatic carbocycles. The van der Waals surface area contributed by atoms with E-state index in [4.69, 9.17) is 47.4 Å². The molecule has 2 aromatic rings. The van der Waals surface area contributed by atoms with Crippen molar-refractivity contribution in [2.24, 2.45) is 0 Å². The fraction of sp³-hybridized carbons (Fsp3) is 0.467. The highest BCUT2D eigenvalue weighted by Gasteiger charge is 2.28. The van der Waals surface area contributed by atoms with Crippen LogP contribution in [0.15, 0.2) is 36.4 Å². The van der Waals surface area contributed by atoms with Crippen molar-refractivity contribution >= 4 is 35.3 Å². The number of methoxy groups -OCH3 is 2. The van der Waals surface area contributed by atoms with E-state index in [0.29, 0.717) is 26.4 Å². The summed E-state index contributed by atoms with van der Waals surface area (Å²) in [5.74, 6) is -6.92. The molecule has 274 valence electrons. The molecule has 0 aromatic heterocycles. The molecule has 20 nitrogen and oxygen atoms in total. The molecule has 0 saturated heterocycles. The lowest BCUT2D eigenvalue weighted by Gasteiger charge is -2.12. The Morgan fingerprint density at radius 1 is 0.520 bits per heavy atom. The van der Waals surface area contributed by atoms with E-state index in [2.05, 4.69) is 0 Å². The summed E-state index contributed by atoms with van der Waals surface area (Å²) in [5.41, 5.74) is -2.27. The van der Waals surface area contributed by atoms with E-state index < -0.39 is 67.7 Å². The van der Waals surface area contributed by atoms with Gasteiger partial charge in [0.1, 0.15) is 35.8 Å². The Kier molecular flexibility index (Phi) is 19.1. The van der Waals surface area contributed by atoms with Gasteiger partial charge in [0.15, 0.2) is 0 Å². The van der Waals surface area contributed by atoms with Crippen molar-refractivity contribution in [1.29, 1.82) is 0 Å². The fourth-order valence-electron chi connectivity index (χ4n) is 3.51. The molecule has 0 aliphatic heterocycles. The smallest absolute Gasteiger partial charge is 0.423 e. The summed E-state index contributed by atoms with van der Waals surface area (Å²) < 4.78 is 50.7. The van der Waals surface area contributed by atoms with E-state index in [1.54, 1.807) is 0 Å². The zero-order chi connectivity index (χ0) is 36.7. The number of esters is 4. The topological polar surface area (TPSA) is 247 Å². The summed E-state index contributed by atoms with van der Waals surface area (Å²) in [6.45, 7) is 1.70. The minimum atomic E-state index is -1.72. The summed E-state index contributed by atoms with van der Waals surface area (Å²) >= 11 is 0. The SMILES string of the molecule is COCCOCCOCCOC(=O)c1cc([N+](=O)[O-])ccc1OC(=O)C(=O)Oc1ccc([N+](=O)[O-])cc1C(=O)OCCOCCOCCOC. The number of nitro groups is 2. The van der Waals surface area contributed by atoms with Crippen molar-refractivity contribution in [3.8, 4) is 11.5 Å². The molecule has 0 bridgehead atoms. The molecule has 0 amide bonds. The average molecular weight is 713 g/mol. The third-order valence-electron chi connectivity index (χ3n) is 5.89. The van der Waals surface area contributed by atoms with E-state index in [9.17, 15) is 39.4 Å². The van der Waals surface area contributed by atoms with Crippen molar-refractivity contribution in [3.05, 3.63) is 67.8 Å². The van der Waals surface area contributed by atoms with Crippen LogP contribution < -0.4 is 9.47 Å². The highest BCUT2D eigenvalue weighted by atomic mass is 16.6. The van der Waals surface area contributed by atoms with Gasteiger partial charge in [-0.1, -0.05) is 0 Å². The Labute approximate surface area is 284 Å². The molecule has 0 aliphatic carbocycles. The van der Waals surface area contributed by atoms with Crippen LogP contribution >= 0.6 is 0 Å². The first kappa shape index (κ1) is 41.1. The van der Waals surface area contributed by atoms with Crippen LogP contribution in [0.4, 0.5) is 11.4 Å². The van der Waals surface area contributed by atoms with E-state index in [-0.39, 0.29) is 52.9 Å². The molecule has 0 aliphatic rings. The summed E-state index contributed by atoms with van der Waals surface area (Å²) in [6, 6.07) is 5.11. The number of hydrogen-bond donors (Lipinski definition) is 0. The van der Waals surface area contributed by atoms with Gasteiger partial charge in [-0.2, -0.15) is 0 Å². The van der Waals surface area contributed by atoms with Crippen LogP contribution in [0, 0.1) is 20.2 Å². The molecule has 0 spiro atoms. The number of ether oxygens (including phenoxy) is 10. The first-order valence-electron chi connectivity index (χ1n) is 14.7. The summed E-state index contributed by atoms with van der Waals surface area (Å²) in [4.78, 5) is 71.7. The minimum absolute atomic E-state index is 0.0624. The van der Waals surface area contributed by atoms with Gasteiger partial charge in [-0.25, -0.2) is 19.2 Å². The summed E-state index contributed by atoms with van der Waals surface area (Å²) in [7, 11) is 3.05. The number of nitro benzene ring substituents is 2. The Bertz CT molecular complexity index is 1340. The standard InChI is InChI=1S/C30H36N2O18/c1-41-7-9-43-11-13-45-15-17-47-27(33)23-19-21(31(37)38)3-5-25(23)49-29(35)30(36)50-26-6-4-22(32(39)40)20-24(26)28(34)48-18-16-46-14-12-44-10-8-42-2/h3-6,19-20H,7-18H2,1-2H3. The number of carbonyl (C=O) groups is 4. The highest BCUT2D eigenvalue weighted by Crippen LogP contribution is 2.27. The van der Waals surface area contributed by atoms with Gasteiger partial charge >= 0.3 is 23.9 Å². The van der Waals surface area contributed by atoms with Gasteiger partial charge < -0.3 is 47.4 Å². The number of carbonyl (C=O) groups excluding carboxylic acids is 4. The number of nitrogens with zero attached hydrogens (tertiary/aromatic N) is 2. The van der Waals surface area contributed by atoms with Crippen LogP contribution in [0.25, 0.3) is 0 Å². The maximum absolute atomic E-state index is 12.7. The fourth-order valence-corrected chi connectivity index (χ4v) is 3.51. The Morgan fingerprint density at radius 2 is 0.840 bits per heavy atom. The van der Waals surface area contributed by atoms with Gasteiger partial charge in [-0.15, -0.1) is 0 Å². The average Bonchev–Trinajstić information content (AvgIpc) is 3.10. The number of non-ortho nitro benzene ring substituents is 2. The quantitative estimate of drug-likeness (QED) is 0.0375. The molecule has 50 heavy (non-hydrogen) atoms. The number of benzene rings is 2. The van der Waals surface area contributed by atoms with Crippen molar-refractivity contribution in [2.45, 2.75) is 0 Å². The molecule has 0 saturated carbocycles. The molecule has 0 radical (unpaired) electrons. The van der Waals surface area contributed by atoms with Gasteiger partial charge in [0.2, 0.25) is 0 Å². The third-order valence-corrected chi connectivity index (χ3v) is 5.89. The van der Waals surface area contributed by atoms with E-state index in [0.717, 1.165) is 36.4 Å². The Morgan fingerprint density at radius 3 is 1.16 bits per heavy atom. The lowest BCUT2D eigenvalue weighted by atomic mass is 10.1. The van der Waals surface area contributed by atoms with Crippen LogP contribution in [0.5, 0.6) is 11.5 Å². The molecular formula is C30H36N2O18. The van der Waals surface area contributed by atoms with Gasteiger partial charge in [0, 0.05) is 38.5 Å². The second-order valence-electron chi connectivity index (χ2n) is 9.36. The van der Waals surface area contributed by atoms with E-state index >= 15 is 0 Å². The third kappa shape index (κ3) is 15.0. The van der Waals surface area contributed by atoms with Gasteiger partial charge in [-0.05, 0) is 12.1 Å². The van der Waals surface area contributed by atoms with Gasteiger partial charge in [0.05, 0.1) is 75.9 Å². The van der Waals surface area contributed by atoms with Crippen LogP contribution in [0.1, 0.15) is 20.7 Å². The summed E-state index contributed by atoms with van der Waals surface area (Å²) in [5, 5.41) is 22.6. The van der Waals surface area contributed by atoms with Gasteiger partial charge in [0.25, 0.3) is 11.4 Å². The molecule has 2 rings (SSSR count). The molecular weight excluding hydrogens is 676 g/mol. The molecule has 0 atom stereocenters. The molecule has 0 N–H and O–H groups in total. The maximum Gasteiger partial charge on any atom is 0.423 e. The second-order valence-corrected chi connectivity index (χ2v) is 9.36. The van der Waals surface area contributed by atoms with Crippen molar-refractivity contribution in [3.63, 3.8) is 0 Å². The van der Waals surface area contributed by atoms with Gasteiger partial charge in [-0.3, -0.25) is 20.2 Å². The van der Waals surface area contributed by atoms with Crippen LogP contribution in [0.3, 0.4) is 0 Å². The first-order valence-corrected chi connectivity index (χ1v) is 14.7. The molecule has 20 heteroatoms. The minimum Gasteiger partial charge on any atom is -0.460 e. The predicted octanol–water partition coefficient (Wildman–Crippen LogP) is 1.69. The van der Waals surface area contributed by atoms with Crippen molar-refractivity contribution in [2.75, 3.05) is 93.5 Å². The summed E-state index contributed by atoms with van der Waals surface area (Å²) in [6.07, 6.45) is 0. The normalized spacial score (nSPS) is 10.7. The molecule has 0 fully saturated rings. The first-order chi connectivity index (χ1) is 24.1. The van der Waals surface area contributed by atoms with Crippen LogP contribution in [-0.4, -0.2) is 127 Å². The van der Waals surface area contributed by atoms with Crippen LogP contribution in [0.2, 0.25) is 0 Å². The predicted molar refractivity (Wildman–Crippen MR) is 165 cm³/mol. The number of hydrogen-bond acceptors (Lipinski definition) is 18. The lowest BCUT2D eigenvalue weighted by Crippen LogP contribution is -2.27. The largest absolute Gasteiger partial charge is 0.460 e. The molecule has 0 unspecified atom stereocenters. The molecule has 0 heterocycles. The zero-order valence-corrected chi connectivity index (χ0v) is 27.2. The lowest BCUT2D eigenvalue weighted by molar-refractivity contribution is -0.385. The Hall–Kier alpha value is -5.12. The highest BCUT2D eigenvalue weighted by molar-refractivity contribution is 6.31. The van der Waals surface area contributed by atoms with E-state index in [1.165, 1.54) is 14.2 Å². The second kappa shape index (κ2) is 23.3. The van der Waals surface area contributed by atoms with E-state index in [1.807, 2.05) is 0 Å². The van der Waals surface area contributed by atoms with Crippen molar-refractivity contribution in [1.82, 2.24) is 0 Å². The van der Waals surface area contributed by atoms with Crippen molar-refractivity contribution < 1.29 is 76.4 Å². The zero-order valence-electron chi connectivity index (χ0n) is 27.2. The monoisotopic (exact) mass is 712 g/mol. The maximum atomic E-state index is 12.7. The number of rotatable bonds is 24.